The summed E-state index contributed by atoms with van der Waals surface area (Å²) in [5.74, 6) is 0. The van der Waals surface area contributed by atoms with Gasteiger partial charge in [-0.15, -0.1) is 0 Å². The third kappa shape index (κ3) is 2.40. The Balaban J connectivity index is 1.86. The van der Waals surface area contributed by atoms with Crippen molar-refractivity contribution in [3.63, 3.8) is 0 Å². The Bertz CT molecular complexity index is 554. The summed E-state index contributed by atoms with van der Waals surface area (Å²) in [6.45, 7) is 6.81. The highest BCUT2D eigenvalue weighted by Crippen LogP contribution is 2.23. The molecule has 0 amide bonds. The van der Waals surface area contributed by atoms with Crippen molar-refractivity contribution >= 4 is 10.9 Å². The van der Waals surface area contributed by atoms with E-state index in [1.807, 2.05) is 0 Å². The predicted molar refractivity (Wildman–Crippen MR) is 80.3 cm³/mol. The molecule has 3 rings (SSSR count). The van der Waals surface area contributed by atoms with Crippen LogP contribution in [0.5, 0.6) is 0 Å². The van der Waals surface area contributed by atoms with Crippen LogP contribution in [0.3, 0.4) is 0 Å². The maximum Gasteiger partial charge on any atom is 0.0481 e. The van der Waals surface area contributed by atoms with Crippen LogP contribution >= 0.6 is 0 Å². The normalized spacial score (nSPS) is 16.2. The van der Waals surface area contributed by atoms with Gasteiger partial charge in [-0.3, -0.25) is 4.90 Å². The third-order valence-electron chi connectivity index (χ3n) is 4.14. The van der Waals surface area contributed by atoms with E-state index in [1.54, 1.807) is 0 Å². The van der Waals surface area contributed by atoms with Gasteiger partial charge >= 0.3 is 0 Å². The number of aryl methyl sites for hydroxylation is 1. The molecule has 0 atom stereocenters. The topological polar surface area (TPSA) is 20.2 Å². The van der Waals surface area contributed by atoms with Crippen LogP contribution in [0.25, 0.3) is 10.9 Å². The third-order valence-corrected chi connectivity index (χ3v) is 4.14. The van der Waals surface area contributed by atoms with E-state index in [0.717, 1.165) is 25.7 Å². The molecule has 19 heavy (non-hydrogen) atoms. The lowest BCUT2D eigenvalue weighted by Gasteiger charge is -2.38. The van der Waals surface area contributed by atoms with E-state index in [1.165, 1.54) is 29.4 Å². The van der Waals surface area contributed by atoms with Gasteiger partial charge in [0.25, 0.3) is 0 Å². The zero-order chi connectivity index (χ0) is 13.2. The fourth-order valence-corrected chi connectivity index (χ4v) is 2.98. The van der Waals surface area contributed by atoms with E-state index in [-0.39, 0.29) is 0 Å². The van der Waals surface area contributed by atoms with E-state index in [0.29, 0.717) is 0 Å². The molecule has 0 spiro atoms. The van der Waals surface area contributed by atoms with Crippen LogP contribution < -0.4 is 5.32 Å². The maximum absolute atomic E-state index is 3.38. The highest BCUT2D eigenvalue weighted by molar-refractivity contribution is 5.83. The summed E-state index contributed by atoms with van der Waals surface area (Å²) < 4.78 is 2.24. The molecule has 0 aliphatic carbocycles. The molecular weight excluding hydrogens is 234 g/mol. The Hall–Kier alpha value is -1.32. The number of nitrogens with zero attached hydrogens (tertiary/aromatic N) is 2. The molecule has 1 N–H and O–H groups in total. The lowest BCUT2D eigenvalue weighted by molar-refractivity contribution is 0.138. The Morgan fingerprint density at radius 3 is 2.79 bits per heavy atom. The monoisotopic (exact) mass is 257 g/mol. The first-order valence-corrected chi connectivity index (χ1v) is 7.27. The van der Waals surface area contributed by atoms with Crippen molar-refractivity contribution in [1.29, 1.82) is 0 Å². The molecule has 0 unspecified atom stereocenters. The predicted octanol–water partition coefficient (Wildman–Crippen LogP) is 2.36. The molecule has 1 aliphatic heterocycles. The van der Waals surface area contributed by atoms with Crippen LogP contribution in [0.4, 0.5) is 0 Å². The molecule has 2 aromatic rings. The molecule has 0 bridgehead atoms. The molecule has 1 aromatic heterocycles. The molecule has 3 heteroatoms. The number of nitrogens with one attached hydrogen (secondary N) is 1. The SMILES string of the molecule is CCCN(Cc1cn(C)c2ccccc12)C1CNC1. The van der Waals surface area contributed by atoms with Crippen molar-refractivity contribution in [1.82, 2.24) is 14.8 Å². The van der Waals surface area contributed by atoms with Gasteiger partial charge in [0.2, 0.25) is 0 Å². The maximum atomic E-state index is 3.38. The molecule has 1 saturated heterocycles. The van der Waals surface area contributed by atoms with Gasteiger partial charge in [0.15, 0.2) is 0 Å². The van der Waals surface area contributed by atoms with Crippen molar-refractivity contribution in [2.24, 2.45) is 7.05 Å². The molecular formula is C16H23N3. The number of rotatable bonds is 5. The molecule has 0 saturated carbocycles. The Morgan fingerprint density at radius 2 is 2.11 bits per heavy atom. The van der Waals surface area contributed by atoms with Gasteiger partial charge in [0, 0.05) is 49.8 Å². The summed E-state index contributed by atoms with van der Waals surface area (Å²) in [6.07, 6.45) is 3.51. The number of benzene rings is 1. The summed E-state index contributed by atoms with van der Waals surface area (Å²) in [5.41, 5.74) is 2.79. The molecule has 0 radical (unpaired) electrons. The van der Waals surface area contributed by atoms with Crippen molar-refractivity contribution in [2.45, 2.75) is 25.9 Å². The summed E-state index contributed by atoms with van der Waals surface area (Å²) in [7, 11) is 2.14. The lowest BCUT2D eigenvalue weighted by atomic mass is 10.1. The number of para-hydroxylation sites is 1. The van der Waals surface area contributed by atoms with E-state index in [9.17, 15) is 0 Å². The van der Waals surface area contributed by atoms with Gasteiger partial charge in [-0.2, -0.15) is 0 Å². The van der Waals surface area contributed by atoms with Crippen LogP contribution in [-0.4, -0.2) is 35.1 Å². The van der Waals surface area contributed by atoms with Gasteiger partial charge in [-0.1, -0.05) is 25.1 Å². The second-order valence-electron chi connectivity index (χ2n) is 5.56. The summed E-state index contributed by atoms with van der Waals surface area (Å²) >= 11 is 0. The lowest BCUT2D eigenvalue weighted by Crippen LogP contribution is -2.56. The average Bonchev–Trinajstić information content (AvgIpc) is 2.65. The molecule has 1 fully saturated rings. The minimum atomic E-state index is 0.721. The highest BCUT2D eigenvalue weighted by Gasteiger charge is 2.24. The smallest absolute Gasteiger partial charge is 0.0481 e. The summed E-state index contributed by atoms with van der Waals surface area (Å²) in [5, 5.41) is 4.78. The van der Waals surface area contributed by atoms with Gasteiger partial charge < -0.3 is 9.88 Å². The Morgan fingerprint density at radius 1 is 1.32 bits per heavy atom. The molecule has 1 aliphatic rings. The van der Waals surface area contributed by atoms with Crippen molar-refractivity contribution in [3.8, 4) is 0 Å². The van der Waals surface area contributed by atoms with E-state index >= 15 is 0 Å². The molecule has 3 nitrogen and oxygen atoms in total. The molecule has 2 heterocycles. The second kappa shape index (κ2) is 5.35. The number of hydrogen-bond acceptors (Lipinski definition) is 2. The van der Waals surface area contributed by atoms with Crippen LogP contribution in [0, 0.1) is 0 Å². The van der Waals surface area contributed by atoms with E-state index in [4.69, 9.17) is 0 Å². The largest absolute Gasteiger partial charge is 0.350 e. The Kier molecular flexibility index (Phi) is 3.58. The molecule has 1 aromatic carbocycles. The first kappa shape index (κ1) is 12.7. The fraction of sp³-hybridized carbons (Fsp3) is 0.500. The van der Waals surface area contributed by atoms with Crippen LogP contribution in [-0.2, 0) is 13.6 Å². The van der Waals surface area contributed by atoms with Gasteiger partial charge in [-0.05, 0) is 24.6 Å². The zero-order valence-corrected chi connectivity index (χ0v) is 11.9. The van der Waals surface area contributed by atoms with Crippen molar-refractivity contribution in [2.75, 3.05) is 19.6 Å². The highest BCUT2D eigenvalue weighted by atomic mass is 15.2. The quantitative estimate of drug-likeness (QED) is 0.887. The zero-order valence-electron chi connectivity index (χ0n) is 11.9. The summed E-state index contributed by atoms with van der Waals surface area (Å²) in [6, 6.07) is 9.42. The number of hydrogen-bond donors (Lipinski definition) is 1. The Labute approximate surface area is 115 Å². The van der Waals surface area contributed by atoms with Crippen molar-refractivity contribution in [3.05, 3.63) is 36.0 Å². The van der Waals surface area contributed by atoms with Crippen molar-refractivity contribution < 1.29 is 0 Å². The van der Waals surface area contributed by atoms with E-state index in [2.05, 4.69) is 59.2 Å². The fourth-order valence-electron chi connectivity index (χ4n) is 2.98. The second-order valence-corrected chi connectivity index (χ2v) is 5.56. The van der Waals surface area contributed by atoms with Gasteiger partial charge in [0.1, 0.15) is 0 Å². The standard InChI is InChI=1S/C16H23N3/c1-3-8-19(14-9-17-10-14)12-13-11-18(2)16-7-5-4-6-15(13)16/h4-7,11,14,17H,3,8-10,12H2,1-2H3. The minimum Gasteiger partial charge on any atom is -0.350 e. The van der Waals surface area contributed by atoms with E-state index < -0.39 is 0 Å². The summed E-state index contributed by atoms with van der Waals surface area (Å²) in [4.78, 5) is 2.62. The minimum absolute atomic E-state index is 0.721. The van der Waals surface area contributed by atoms with Crippen LogP contribution in [0.15, 0.2) is 30.5 Å². The number of fused-ring (bicyclic) bond motifs is 1. The van der Waals surface area contributed by atoms with Gasteiger partial charge in [-0.25, -0.2) is 0 Å². The molecule has 102 valence electrons. The number of aromatic nitrogens is 1. The average molecular weight is 257 g/mol. The first-order valence-electron chi connectivity index (χ1n) is 7.27. The van der Waals surface area contributed by atoms with Crippen LogP contribution in [0.2, 0.25) is 0 Å². The van der Waals surface area contributed by atoms with Crippen LogP contribution in [0.1, 0.15) is 18.9 Å². The first-order chi connectivity index (χ1) is 9.29. The van der Waals surface area contributed by atoms with Gasteiger partial charge in [0.05, 0.1) is 0 Å².